The van der Waals surface area contributed by atoms with Gasteiger partial charge in [-0.05, 0) is 12.0 Å². The fraction of sp³-hybridized carbons (Fsp3) is 0.467. The Morgan fingerprint density at radius 1 is 1.16 bits per heavy atom. The van der Waals surface area contributed by atoms with E-state index in [1.807, 2.05) is 37.3 Å². The molecule has 0 aliphatic carbocycles. The number of amides is 2. The van der Waals surface area contributed by atoms with Gasteiger partial charge >= 0.3 is 0 Å². The fourth-order valence-corrected chi connectivity index (χ4v) is 1.82. The zero-order chi connectivity index (χ0) is 14.1. The minimum atomic E-state index is -0.0220. The van der Waals surface area contributed by atoms with Crippen LogP contribution >= 0.6 is 0 Å². The van der Waals surface area contributed by atoms with Crippen molar-refractivity contribution < 1.29 is 9.59 Å². The van der Waals surface area contributed by atoms with Crippen molar-refractivity contribution in [3.63, 3.8) is 0 Å². The van der Waals surface area contributed by atoms with Gasteiger partial charge in [0.1, 0.15) is 0 Å². The molecule has 1 aromatic carbocycles. The summed E-state index contributed by atoms with van der Waals surface area (Å²) in [5, 5.41) is 2.86. The molecule has 0 fully saturated rings. The van der Waals surface area contributed by atoms with E-state index in [0.29, 0.717) is 26.1 Å². The van der Waals surface area contributed by atoms with Gasteiger partial charge in [-0.25, -0.2) is 0 Å². The standard InChI is InChI=1S/C15H22N2O2/c1-3-10-17(13(2)18)11-9-15(19)16-12-14-7-5-4-6-8-14/h4-8H,3,9-12H2,1-2H3,(H,16,19). The average Bonchev–Trinajstić information content (AvgIpc) is 2.42. The highest BCUT2D eigenvalue weighted by molar-refractivity contribution is 5.78. The molecule has 0 bridgehead atoms. The zero-order valence-corrected chi connectivity index (χ0v) is 11.7. The van der Waals surface area contributed by atoms with Crippen LogP contribution in [0.4, 0.5) is 0 Å². The maximum absolute atomic E-state index is 11.7. The number of nitrogens with zero attached hydrogens (tertiary/aromatic N) is 1. The molecule has 0 radical (unpaired) electrons. The second-order valence-electron chi connectivity index (χ2n) is 4.52. The summed E-state index contributed by atoms with van der Waals surface area (Å²) in [5.74, 6) is 0.00363. The van der Waals surface area contributed by atoms with E-state index in [-0.39, 0.29) is 11.8 Å². The third-order valence-electron chi connectivity index (χ3n) is 2.88. The molecular weight excluding hydrogens is 240 g/mol. The van der Waals surface area contributed by atoms with E-state index in [1.165, 1.54) is 6.92 Å². The molecule has 4 heteroatoms. The molecule has 0 heterocycles. The Kier molecular flexibility index (Phi) is 6.64. The van der Waals surface area contributed by atoms with E-state index in [2.05, 4.69) is 5.32 Å². The molecule has 0 saturated carbocycles. The minimum Gasteiger partial charge on any atom is -0.352 e. The van der Waals surface area contributed by atoms with Crippen LogP contribution in [0.15, 0.2) is 30.3 Å². The Balaban J connectivity index is 2.29. The molecule has 0 unspecified atom stereocenters. The van der Waals surface area contributed by atoms with Gasteiger partial charge in [0.2, 0.25) is 11.8 Å². The molecule has 19 heavy (non-hydrogen) atoms. The van der Waals surface area contributed by atoms with Gasteiger partial charge in [0.15, 0.2) is 0 Å². The summed E-state index contributed by atoms with van der Waals surface area (Å²) in [6, 6.07) is 9.78. The largest absolute Gasteiger partial charge is 0.352 e. The molecule has 104 valence electrons. The first-order chi connectivity index (χ1) is 9.13. The molecule has 0 aromatic heterocycles. The van der Waals surface area contributed by atoms with Crippen molar-refractivity contribution in [2.24, 2.45) is 0 Å². The molecule has 0 aliphatic heterocycles. The summed E-state index contributed by atoms with van der Waals surface area (Å²) in [6.07, 6.45) is 1.26. The Labute approximate surface area is 114 Å². The van der Waals surface area contributed by atoms with Gasteiger partial charge in [0.05, 0.1) is 0 Å². The molecule has 0 aliphatic rings. The van der Waals surface area contributed by atoms with Crippen LogP contribution < -0.4 is 5.32 Å². The maximum Gasteiger partial charge on any atom is 0.222 e. The van der Waals surface area contributed by atoms with Crippen molar-refractivity contribution in [2.75, 3.05) is 13.1 Å². The van der Waals surface area contributed by atoms with Crippen LogP contribution in [0.3, 0.4) is 0 Å². The van der Waals surface area contributed by atoms with E-state index in [4.69, 9.17) is 0 Å². The molecule has 0 spiro atoms. The smallest absolute Gasteiger partial charge is 0.222 e. The highest BCUT2D eigenvalue weighted by Gasteiger charge is 2.09. The van der Waals surface area contributed by atoms with Crippen LogP contribution in [0.25, 0.3) is 0 Å². The lowest BCUT2D eigenvalue weighted by molar-refractivity contribution is -0.129. The lowest BCUT2D eigenvalue weighted by atomic mass is 10.2. The van der Waals surface area contributed by atoms with Crippen LogP contribution in [0, 0.1) is 0 Å². The first-order valence-electron chi connectivity index (χ1n) is 6.69. The van der Waals surface area contributed by atoms with Crippen molar-refractivity contribution >= 4 is 11.8 Å². The summed E-state index contributed by atoms with van der Waals surface area (Å²) in [4.78, 5) is 24.7. The number of carbonyl (C=O) groups excluding carboxylic acids is 2. The number of benzene rings is 1. The van der Waals surface area contributed by atoms with Gasteiger partial charge in [0, 0.05) is 33.0 Å². The normalized spacial score (nSPS) is 10.0. The number of carbonyl (C=O) groups is 2. The molecule has 4 nitrogen and oxygen atoms in total. The SMILES string of the molecule is CCCN(CCC(=O)NCc1ccccc1)C(C)=O. The lowest BCUT2D eigenvalue weighted by Gasteiger charge is -2.19. The van der Waals surface area contributed by atoms with Crippen LogP contribution in [0.5, 0.6) is 0 Å². The number of rotatable bonds is 7. The minimum absolute atomic E-state index is 0.0220. The van der Waals surface area contributed by atoms with E-state index in [0.717, 1.165) is 12.0 Å². The summed E-state index contributed by atoms with van der Waals surface area (Å²) in [6.45, 7) is 5.29. The van der Waals surface area contributed by atoms with Crippen molar-refractivity contribution in [2.45, 2.75) is 33.2 Å². The number of hydrogen-bond acceptors (Lipinski definition) is 2. The Hall–Kier alpha value is -1.84. The van der Waals surface area contributed by atoms with Gasteiger partial charge in [0.25, 0.3) is 0 Å². The van der Waals surface area contributed by atoms with Gasteiger partial charge in [-0.15, -0.1) is 0 Å². The predicted octanol–water partition coefficient (Wildman–Crippen LogP) is 1.95. The Morgan fingerprint density at radius 3 is 2.42 bits per heavy atom. The highest BCUT2D eigenvalue weighted by Crippen LogP contribution is 1.99. The van der Waals surface area contributed by atoms with Crippen LogP contribution in [0.1, 0.15) is 32.3 Å². The fourth-order valence-electron chi connectivity index (χ4n) is 1.82. The second-order valence-corrected chi connectivity index (χ2v) is 4.52. The van der Waals surface area contributed by atoms with E-state index in [1.54, 1.807) is 4.90 Å². The van der Waals surface area contributed by atoms with E-state index in [9.17, 15) is 9.59 Å². The quantitative estimate of drug-likeness (QED) is 0.816. The summed E-state index contributed by atoms with van der Waals surface area (Å²) in [7, 11) is 0. The van der Waals surface area contributed by atoms with Crippen molar-refractivity contribution in [1.29, 1.82) is 0 Å². The van der Waals surface area contributed by atoms with Crippen LogP contribution in [0.2, 0.25) is 0 Å². The first kappa shape index (κ1) is 15.2. The van der Waals surface area contributed by atoms with Crippen molar-refractivity contribution in [3.05, 3.63) is 35.9 Å². The highest BCUT2D eigenvalue weighted by atomic mass is 16.2. The topological polar surface area (TPSA) is 49.4 Å². The van der Waals surface area contributed by atoms with E-state index >= 15 is 0 Å². The van der Waals surface area contributed by atoms with Gasteiger partial charge < -0.3 is 10.2 Å². The first-order valence-corrected chi connectivity index (χ1v) is 6.69. The monoisotopic (exact) mass is 262 g/mol. The molecule has 0 saturated heterocycles. The van der Waals surface area contributed by atoms with Crippen LogP contribution in [-0.2, 0) is 16.1 Å². The summed E-state index contributed by atoms with van der Waals surface area (Å²) < 4.78 is 0. The molecule has 0 atom stereocenters. The lowest BCUT2D eigenvalue weighted by Crippen LogP contribution is -2.34. The molecular formula is C15H22N2O2. The molecule has 1 aromatic rings. The third kappa shape index (κ3) is 6.04. The second kappa shape index (κ2) is 8.29. The summed E-state index contributed by atoms with van der Waals surface area (Å²) >= 11 is 0. The predicted molar refractivity (Wildman–Crippen MR) is 75.5 cm³/mol. The van der Waals surface area contributed by atoms with Gasteiger partial charge in [-0.3, -0.25) is 9.59 Å². The zero-order valence-electron chi connectivity index (χ0n) is 11.7. The average molecular weight is 262 g/mol. The van der Waals surface area contributed by atoms with Gasteiger partial charge in [-0.1, -0.05) is 37.3 Å². The van der Waals surface area contributed by atoms with Crippen LogP contribution in [-0.4, -0.2) is 29.8 Å². The molecule has 1 rings (SSSR count). The Bertz CT molecular complexity index is 404. The molecule has 2 amide bonds. The van der Waals surface area contributed by atoms with Gasteiger partial charge in [-0.2, -0.15) is 0 Å². The number of nitrogens with one attached hydrogen (secondary N) is 1. The third-order valence-corrected chi connectivity index (χ3v) is 2.88. The van der Waals surface area contributed by atoms with Crippen molar-refractivity contribution in [3.8, 4) is 0 Å². The maximum atomic E-state index is 11.7. The number of hydrogen-bond donors (Lipinski definition) is 1. The van der Waals surface area contributed by atoms with E-state index < -0.39 is 0 Å². The Morgan fingerprint density at radius 2 is 1.84 bits per heavy atom. The molecule has 1 N–H and O–H groups in total. The van der Waals surface area contributed by atoms with Crippen molar-refractivity contribution in [1.82, 2.24) is 10.2 Å². The summed E-state index contributed by atoms with van der Waals surface area (Å²) in [5.41, 5.74) is 1.08.